The molecule has 95 valence electrons. The highest BCUT2D eigenvalue weighted by atomic mass is 35.5. The Kier molecular flexibility index (Phi) is 6.20. The minimum Gasteiger partial charge on any atom is -0.387 e. The molecule has 0 aliphatic rings. The zero-order valence-corrected chi connectivity index (χ0v) is 12.6. The lowest BCUT2D eigenvalue weighted by atomic mass is 10.2. The number of hydrogen-bond donors (Lipinski definition) is 0. The maximum Gasteiger partial charge on any atom is 0.424 e. The second kappa shape index (κ2) is 7.16. The average Bonchev–Trinajstić information content (AvgIpc) is 2.27. The van der Waals surface area contributed by atoms with Crippen LogP contribution in [0.15, 0.2) is 24.3 Å². The third kappa shape index (κ3) is 4.80. The Labute approximate surface area is 111 Å². The molecule has 0 N–H and O–H groups in total. The van der Waals surface area contributed by atoms with Gasteiger partial charge in [-0.15, -0.1) is 11.6 Å². The first-order chi connectivity index (χ1) is 8.04. The van der Waals surface area contributed by atoms with Gasteiger partial charge in [0, 0.05) is 23.3 Å². The highest BCUT2D eigenvalue weighted by Gasteiger charge is 2.24. The van der Waals surface area contributed by atoms with Crippen molar-refractivity contribution in [1.29, 1.82) is 0 Å². The first-order valence-corrected chi connectivity index (χ1v) is 7.74. The van der Waals surface area contributed by atoms with Crippen molar-refractivity contribution in [3.8, 4) is 0 Å². The lowest BCUT2D eigenvalue weighted by molar-refractivity contribution is 0.139. The van der Waals surface area contributed by atoms with E-state index in [0.717, 1.165) is 10.8 Å². The van der Waals surface area contributed by atoms with E-state index < -0.39 is 9.28 Å². The molecule has 0 spiro atoms. The molecule has 0 bridgehead atoms. The molecule has 4 heteroatoms. The second-order valence-corrected chi connectivity index (χ2v) is 6.26. The zero-order chi connectivity index (χ0) is 12.8. The third-order valence-electron chi connectivity index (χ3n) is 2.07. The van der Waals surface area contributed by atoms with Gasteiger partial charge in [-0.05, 0) is 33.3 Å². The summed E-state index contributed by atoms with van der Waals surface area (Å²) in [5.41, 5.74) is 1.10. The SMILES string of the molecule is CC(C)O[Si](OC(C)C)c1ccccc1CCl. The van der Waals surface area contributed by atoms with Crippen LogP contribution in [0.4, 0.5) is 0 Å². The summed E-state index contributed by atoms with van der Waals surface area (Å²) in [5.74, 6) is 0.493. The van der Waals surface area contributed by atoms with E-state index in [4.69, 9.17) is 20.5 Å². The number of alkyl halides is 1. The van der Waals surface area contributed by atoms with Crippen molar-refractivity contribution < 1.29 is 8.85 Å². The van der Waals surface area contributed by atoms with Gasteiger partial charge in [-0.1, -0.05) is 24.3 Å². The third-order valence-corrected chi connectivity index (χ3v) is 4.65. The molecule has 0 saturated carbocycles. The molecule has 1 aromatic rings. The van der Waals surface area contributed by atoms with Crippen LogP contribution >= 0.6 is 11.6 Å². The first kappa shape index (κ1) is 14.7. The van der Waals surface area contributed by atoms with E-state index in [0.29, 0.717) is 5.88 Å². The Balaban J connectivity index is 2.94. The molecule has 0 aliphatic heterocycles. The highest BCUT2D eigenvalue weighted by molar-refractivity contribution is 6.62. The molecule has 1 aromatic carbocycles. The van der Waals surface area contributed by atoms with Crippen molar-refractivity contribution in [3.63, 3.8) is 0 Å². The van der Waals surface area contributed by atoms with E-state index in [1.807, 2.05) is 45.9 Å². The van der Waals surface area contributed by atoms with Crippen LogP contribution in [0.3, 0.4) is 0 Å². The largest absolute Gasteiger partial charge is 0.424 e. The Morgan fingerprint density at radius 3 is 2.06 bits per heavy atom. The van der Waals surface area contributed by atoms with Crippen molar-refractivity contribution in [2.75, 3.05) is 0 Å². The summed E-state index contributed by atoms with van der Waals surface area (Å²) in [6.45, 7) is 8.10. The molecule has 0 amide bonds. The second-order valence-electron chi connectivity index (χ2n) is 4.41. The van der Waals surface area contributed by atoms with Crippen molar-refractivity contribution >= 4 is 26.1 Å². The summed E-state index contributed by atoms with van der Waals surface area (Å²) < 4.78 is 11.8. The van der Waals surface area contributed by atoms with Crippen LogP contribution in [0.5, 0.6) is 0 Å². The van der Waals surface area contributed by atoms with Crippen LogP contribution in [0, 0.1) is 0 Å². The summed E-state index contributed by atoms with van der Waals surface area (Å²) in [7, 11) is -1.45. The Morgan fingerprint density at radius 2 is 1.59 bits per heavy atom. The monoisotopic (exact) mass is 271 g/mol. The average molecular weight is 272 g/mol. The molecule has 0 fully saturated rings. The summed E-state index contributed by atoms with van der Waals surface area (Å²) >= 11 is 5.95. The van der Waals surface area contributed by atoms with Crippen molar-refractivity contribution in [1.82, 2.24) is 0 Å². The molecule has 0 heterocycles. The molecule has 2 nitrogen and oxygen atoms in total. The van der Waals surface area contributed by atoms with E-state index in [9.17, 15) is 0 Å². The topological polar surface area (TPSA) is 18.5 Å². The molecule has 1 rings (SSSR count). The van der Waals surface area contributed by atoms with E-state index >= 15 is 0 Å². The minimum atomic E-state index is -1.45. The minimum absolute atomic E-state index is 0.158. The van der Waals surface area contributed by atoms with Gasteiger partial charge >= 0.3 is 9.28 Å². The zero-order valence-electron chi connectivity index (χ0n) is 10.9. The van der Waals surface area contributed by atoms with Crippen LogP contribution in [-0.4, -0.2) is 21.5 Å². The normalized spacial score (nSPS) is 11.8. The highest BCUT2D eigenvalue weighted by Crippen LogP contribution is 2.07. The van der Waals surface area contributed by atoms with E-state index in [2.05, 4.69) is 6.07 Å². The van der Waals surface area contributed by atoms with Crippen LogP contribution in [0.1, 0.15) is 33.3 Å². The number of benzene rings is 1. The molecule has 0 atom stereocenters. The van der Waals surface area contributed by atoms with Crippen LogP contribution in [0.25, 0.3) is 0 Å². The molecule has 0 unspecified atom stereocenters. The van der Waals surface area contributed by atoms with Crippen LogP contribution in [-0.2, 0) is 14.7 Å². The molecular formula is C13H20ClO2Si. The summed E-state index contributed by atoms with van der Waals surface area (Å²) in [5, 5.41) is 1.12. The molecule has 17 heavy (non-hydrogen) atoms. The standard InChI is InChI=1S/C13H20ClO2Si/c1-10(2)15-17(16-11(3)4)13-8-6-5-7-12(13)9-14/h5-8,10-11H,9H2,1-4H3. The summed E-state index contributed by atoms with van der Waals surface area (Å²) in [6.07, 6.45) is 0.317. The summed E-state index contributed by atoms with van der Waals surface area (Å²) in [6, 6.07) is 8.08. The number of hydrogen-bond acceptors (Lipinski definition) is 2. The van der Waals surface area contributed by atoms with Gasteiger partial charge in [-0.2, -0.15) is 0 Å². The molecule has 0 aromatic heterocycles. The number of halogens is 1. The lowest BCUT2D eigenvalue weighted by Crippen LogP contribution is -2.42. The fourth-order valence-corrected chi connectivity index (χ4v) is 3.60. The van der Waals surface area contributed by atoms with E-state index in [-0.39, 0.29) is 12.2 Å². The fraction of sp³-hybridized carbons (Fsp3) is 0.538. The molecule has 1 radical (unpaired) electrons. The van der Waals surface area contributed by atoms with Gasteiger partial charge in [-0.25, -0.2) is 0 Å². The smallest absolute Gasteiger partial charge is 0.387 e. The van der Waals surface area contributed by atoms with Gasteiger partial charge < -0.3 is 8.85 Å². The van der Waals surface area contributed by atoms with Crippen molar-refractivity contribution in [2.45, 2.75) is 45.8 Å². The van der Waals surface area contributed by atoms with E-state index in [1.54, 1.807) is 0 Å². The maximum atomic E-state index is 5.95. The van der Waals surface area contributed by atoms with Gasteiger partial charge in [0.1, 0.15) is 0 Å². The van der Waals surface area contributed by atoms with Crippen LogP contribution in [0.2, 0.25) is 0 Å². The Hall–Kier alpha value is -0.353. The van der Waals surface area contributed by atoms with Crippen molar-refractivity contribution in [3.05, 3.63) is 29.8 Å². The van der Waals surface area contributed by atoms with E-state index in [1.165, 1.54) is 0 Å². The van der Waals surface area contributed by atoms with Gasteiger partial charge in [0.2, 0.25) is 0 Å². The number of rotatable bonds is 6. The van der Waals surface area contributed by atoms with Gasteiger partial charge in [0.05, 0.1) is 0 Å². The predicted octanol–water partition coefficient (Wildman–Crippen LogP) is 2.97. The lowest BCUT2D eigenvalue weighted by Gasteiger charge is -2.21. The van der Waals surface area contributed by atoms with Crippen LogP contribution < -0.4 is 5.19 Å². The van der Waals surface area contributed by atoms with Gasteiger partial charge in [0.25, 0.3) is 0 Å². The van der Waals surface area contributed by atoms with Crippen molar-refractivity contribution in [2.24, 2.45) is 0 Å². The summed E-state index contributed by atoms with van der Waals surface area (Å²) in [4.78, 5) is 0. The predicted molar refractivity (Wildman–Crippen MR) is 73.8 cm³/mol. The maximum absolute atomic E-state index is 5.95. The first-order valence-electron chi connectivity index (χ1n) is 5.89. The molecular weight excluding hydrogens is 252 g/mol. The molecule has 0 aliphatic carbocycles. The fourth-order valence-electron chi connectivity index (χ4n) is 1.42. The Bertz CT molecular complexity index is 332. The quantitative estimate of drug-likeness (QED) is 0.585. The molecule has 0 saturated heterocycles. The Morgan fingerprint density at radius 1 is 1.06 bits per heavy atom. The van der Waals surface area contributed by atoms with Gasteiger partial charge in [-0.3, -0.25) is 0 Å². The van der Waals surface area contributed by atoms with Gasteiger partial charge in [0.15, 0.2) is 0 Å².